The number of aromatic nitrogens is 1. The molecular formula is C16H17ClN2O3. The fourth-order valence-corrected chi connectivity index (χ4v) is 1.96. The van der Waals surface area contributed by atoms with Gasteiger partial charge in [-0.25, -0.2) is 0 Å². The molecule has 0 unspecified atom stereocenters. The zero-order valence-corrected chi connectivity index (χ0v) is 13.2. The van der Waals surface area contributed by atoms with E-state index < -0.39 is 0 Å². The van der Waals surface area contributed by atoms with Crippen molar-refractivity contribution in [3.8, 4) is 5.75 Å². The molecule has 1 aromatic heterocycles. The highest BCUT2D eigenvalue weighted by Gasteiger charge is 2.12. The van der Waals surface area contributed by atoms with Crippen LogP contribution in [-0.2, 0) is 7.05 Å². The summed E-state index contributed by atoms with van der Waals surface area (Å²) in [6, 6.07) is 9.98. The van der Waals surface area contributed by atoms with Gasteiger partial charge in [-0.3, -0.25) is 9.59 Å². The highest BCUT2D eigenvalue weighted by atomic mass is 35.5. The maximum absolute atomic E-state index is 12.2. The van der Waals surface area contributed by atoms with Gasteiger partial charge in [-0.15, -0.1) is 0 Å². The number of aryl methyl sites for hydroxylation is 1. The predicted molar refractivity (Wildman–Crippen MR) is 85.6 cm³/mol. The number of nitrogens with zero attached hydrogens (tertiary/aromatic N) is 2. The minimum absolute atomic E-state index is 0.211. The maximum atomic E-state index is 12.2. The third-order valence-corrected chi connectivity index (χ3v) is 3.46. The number of amides is 1. The van der Waals surface area contributed by atoms with Crippen molar-refractivity contribution in [3.63, 3.8) is 0 Å². The van der Waals surface area contributed by atoms with Gasteiger partial charge in [0.1, 0.15) is 12.4 Å². The third-order valence-electron chi connectivity index (χ3n) is 3.21. The number of carbonyl (C=O) groups excluding carboxylic acids is 1. The SMILES string of the molecule is CN(CCOc1ccc(Cl)cc1)C(=O)c1ccn(C)c(=O)c1. The van der Waals surface area contributed by atoms with Crippen LogP contribution < -0.4 is 10.3 Å². The molecule has 0 radical (unpaired) electrons. The van der Waals surface area contributed by atoms with Crippen molar-refractivity contribution < 1.29 is 9.53 Å². The van der Waals surface area contributed by atoms with E-state index in [1.807, 2.05) is 0 Å². The average molecular weight is 321 g/mol. The zero-order valence-electron chi connectivity index (χ0n) is 12.5. The Kier molecular flexibility index (Phi) is 5.22. The van der Waals surface area contributed by atoms with E-state index in [-0.39, 0.29) is 11.5 Å². The van der Waals surface area contributed by atoms with Gasteiger partial charge in [-0.1, -0.05) is 11.6 Å². The monoisotopic (exact) mass is 320 g/mol. The summed E-state index contributed by atoms with van der Waals surface area (Å²) < 4.78 is 6.96. The van der Waals surface area contributed by atoms with E-state index in [2.05, 4.69) is 0 Å². The number of halogens is 1. The first kappa shape index (κ1) is 16.1. The number of ether oxygens (including phenoxy) is 1. The Labute approximate surface area is 133 Å². The lowest BCUT2D eigenvalue weighted by molar-refractivity contribution is 0.0773. The lowest BCUT2D eigenvalue weighted by Crippen LogP contribution is -2.32. The minimum Gasteiger partial charge on any atom is -0.492 e. The van der Waals surface area contributed by atoms with Gasteiger partial charge in [-0.05, 0) is 30.3 Å². The standard InChI is InChI=1S/C16H17ClN2O3/c1-18-8-7-12(11-15(18)20)16(21)19(2)9-10-22-14-5-3-13(17)4-6-14/h3-8,11H,9-10H2,1-2H3. The van der Waals surface area contributed by atoms with Crippen molar-refractivity contribution in [1.29, 1.82) is 0 Å². The summed E-state index contributed by atoms with van der Waals surface area (Å²) in [6.45, 7) is 0.769. The fraction of sp³-hybridized carbons (Fsp3) is 0.250. The molecule has 0 N–H and O–H groups in total. The Bertz CT molecular complexity index is 710. The van der Waals surface area contributed by atoms with Gasteiger partial charge < -0.3 is 14.2 Å². The fourth-order valence-electron chi connectivity index (χ4n) is 1.83. The van der Waals surface area contributed by atoms with Crippen molar-refractivity contribution in [2.24, 2.45) is 7.05 Å². The van der Waals surface area contributed by atoms with E-state index >= 15 is 0 Å². The molecule has 0 aliphatic carbocycles. The van der Waals surface area contributed by atoms with Crippen molar-refractivity contribution in [3.05, 3.63) is 63.5 Å². The highest BCUT2D eigenvalue weighted by Crippen LogP contribution is 2.15. The Morgan fingerprint density at radius 1 is 1.27 bits per heavy atom. The summed E-state index contributed by atoms with van der Waals surface area (Å²) in [6.07, 6.45) is 1.58. The Morgan fingerprint density at radius 2 is 1.95 bits per heavy atom. The number of rotatable bonds is 5. The molecule has 2 aromatic rings. The van der Waals surface area contributed by atoms with Gasteiger partial charge in [0, 0.05) is 36.9 Å². The van der Waals surface area contributed by atoms with Gasteiger partial charge in [-0.2, -0.15) is 0 Å². The Hall–Kier alpha value is -2.27. The lowest BCUT2D eigenvalue weighted by atomic mass is 10.2. The van der Waals surface area contributed by atoms with E-state index in [1.54, 1.807) is 50.6 Å². The van der Waals surface area contributed by atoms with Crippen LogP contribution in [0.25, 0.3) is 0 Å². The topological polar surface area (TPSA) is 51.5 Å². The first-order chi connectivity index (χ1) is 10.5. The first-order valence-electron chi connectivity index (χ1n) is 6.78. The van der Waals surface area contributed by atoms with E-state index in [0.717, 1.165) is 0 Å². The second-order valence-corrected chi connectivity index (χ2v) is 5.33. The number of benzene rings is 1. The molecule has 0 aliphatic rings. The van der Waals surface area contributed by atoms with E-state index in [0.29, 0.717) is 29.5 Å². The number of hydrogen-bond donors (Lipinski definition) is 0. The van der Waals surface area contributed by atoms with Crippen LogP contribution in [0, 0.1) is 0 Å². The van der Waals surface area contributed by atoms with Crippen molar-refractivity contribution in [2.45, 2.75) is 0 Å². The molecule has 2 rings (SSSR count). The molecule has 0 fully saturated rings. The van der Waals surface area contributed by atoms with E-state index in [4.69, 9.17) is 16.3 Å². The molecule has 1 heterocycles. The van der Waals surface area contributed by atoms with Gasteiger partial charge >= 0.3 is 0 Å². The minimum atomic E-state index is -0.211. The molecule has 0 saturated heterocycles. The van der Waals surface area contributed by atoms with E-state index in [1.165, 1.54) is 15.5 Å². The molecular weight excluding hydrogens is 304 g/mol. The van der Waals surface area contributed by atoms with Crippen LogP contribution in [0.5, 0.6) is 5.75 Å². The van der Waals surface area contributed by atoms with Gasteiger partial charge in [0.2, 0.25) is 0 Å². The molecule has 0 spiro atoms. The molecule has 116 valence electrons. The van der Waals surface area contributed by atoms with Crippen molar-refractivity contribution in [1.82, 2.24) is 9.47 Å². The quantitative estimate of drug-likeness (QED) is 0.848. The molecule has 0 atom stereocenters. The Morgan fingerprint density at radius 3 is 2.59 bits per heavy atom. The van der Waals surface area contributed by atoms with Crippen LogP contribution in [0.1, 0.15) is 10.4 Å². The third kappa shape index (κ3) is 4.11. The summed E-state index contributed by atoms with van der Waals surface area (Å²) in [4.78, 5) is 25.3. The average Bonchev–Trinajstić information content (AvgIpc) is 2.51. The number of carbonyl (C=O) groups is 1. The highest BCUT2D eigenvalue weighted by molar-refractivity contribution is 6.30. The summed E-state index contributed by atoms with van der Waals surface area (Å²) in [5.74, 6) is 0.483. The van der Waals surface area contributed by atoms with Crippen LogP contribution in [0.15, 0.2) is 47.4 Å². The van der Waals surface area contributed by atoms with Crippen LogP contribution in [0.3, 0.4) is 0 Å². The first-order valence-corrected chi connectivity index (χ1v) is 7.15. The summed E-state index contributed by atoms with van der Waals surface area (Å²) >= 11 is 5.79. The van der Waals surface area contributed by atoms with Crippen LogP contribution in [0.4, 0.5) is 0 Å². The van der Waals surface area contributed by atoms with E-state index in [9.17, 15) is 9.59 Å². The second-order valence-electron chi connectivity index (χ2n) is 4.89. The number of pyridine rings is 1. The molecule has 1 aromatic carbocycles. The molecule has 1 amide bonds. The molecule has 5 nitrogen and oxygen atoms in total. The number of likely N-dealkylation sites (N-methyl/N-ethyl adjacent to an activating group) is 1. The normalized spacial score (nSPS) is 10.3. The summed E-state index contributed by atoms with van der Waals surface area (Å²) in [5, 5.41) is 0.644. The van der Waals surface area contributed by atoms with Crippen LogP contribution in [-0.4, -0.2) is 35.6 Å². The van der Waals surface area contributed by atoms with Crippen molar-refractivity contribution in [2.75, 3.05) is 20.2 Å². The molecule has 6 heteroatoms. The van der Waals surface area contributed by atoms with Crippen LogP contribution >= 0.6 is 11.6 Å². The molecule has 0 bridgehead atoms. The van der Waals surface area contributed by atoms with Crippen LogP contribution in [0.2, 0.25) is 5.02 Å². The summed E-state index contributed by atoms with van der Waals surface area (Å²) in [7, 11) is 3.31. The van der Waals surface area contributed by atoms with Crippen molar-refractivity contribution >= 4 is 17.5 Å². The zero-order chi connectivity index (χ0) is 16.1. The molecule has 22 heavy (non-hydrogen) atoms. The largest absolute Gasteiger partial charge is 0.492 e. The molecule has 0 aliphatic heterocycles. The van der Waals surface area contributed by atoms with Gasteiger partial charge in [0.05, 0.1) is 6.54 Å². The lowest BCUT2D eigenvalue weighted by Gasteiger charge is -2.17. The molecule has 0 saturated carbocycles. The predicted octanol–water partition coefficient (Wildman–Crippen LogP) is 2.19. The second kappa shape index (κ2) is 7.13. The number of hydrogen-bond acceptors (Lipinski definition) is 3. The Balaban J connectivity index is 1.89. The van der Waals surface area contributed by atoms with Gasteiger partial charge in [0.15, 0.2) is 0 Å². The maximum Gasteiger partial charge on any atom is 0.253 e. The van der Waals surface area contributed by atoms with Gasteiger partial charge in [0.25, 0.3) is 11.5 Å². The smallest absolute Gasteiger partial charge is 0.253 e. The summed E-state index contributed by atoms with van der Waals surface area (Å²) in [5.41, 5.74) is 0.161.